The van der Waals surface area contributed by atoms with Gasteiger partial charge in [-0.3, -0.25) is 0 Å². The van der Waals surface area contributed by atoms with Gasteiger partial charge in [-0.15, -0.1) is 0 Å². The van der Waals surface area contributed by atoms with Crippen LogP contribution < -0.4 is 9.47 Å². The number of rotatable bonds is 5. The van der Waals surface area contributed by atoms with Crippen molar-refractivity contribution >= 4 is 17.8 Å². The number of methoxy groups -OCH3 is 1. The standard InChI is InChI=1S/C18H16ClNO3/c1-21-18-12-15(13-20-22-2)8-9-17(18)23-10-4-6-14-5-3-7-16(19)11-14/h3,5,7-9,11-13H,10H2,1-2H3/b20-13+. The molecule has 0 amide bonds. The normalized spacial score (nSPS) is 10.0. The summed E-state index contributed by atoms with van der Waals surface area (Å²) in [5.74, 6) is 7.16. The monoisotopic (exact) mass is 329 g/mol. The van der Waals surface area contributed by atoms with Crippen molar-refractivity contribution in [3.05, 3.63) is 58.6 Å². The Hall–Kier alpha value is -2.64. The first-order valence-corrected chi connectivity index (χ1v) is 7.22. The maximum Gasteiger partial charge on any atom is 0.162 e. The van der Waals surface area contributed by atoms with E-state index in [4.69, 9.17) is 21.1 Å². The summed E-state index contributed by atoms with van der Waals surface area (Å²) >= 11 is 5.91. The fourth-order valence-corrected chi connectivity index (χ4v) is 2.01. The minimum atomic E-state index is 0.244. The minimum absolute atomic E-state index is 0.244. The summed E-state index contributed by atoms with van der Waals surface area (Å²) in [5.41, 5.74) is 1.69. The largest absolute Gasteiger partial charge is 0.493 e. The lowest BCUT2D eigenvalue weighted by Gasteiger charge is -2.08. The molecule has 2 rings (SSSR count). The summed E-state index contributed by atoms with van der Waals surface area (Å²) in [5, 5.41) is 4.37. The van der Waals surface area contributed by atoms with E-state index in [0.717, 1.165) is 11.1 Å². The second kappa shape index (κ2) is 8.72. The highest BCUT2D eigenvalue weighted by atomic mass is 35.5. The topological polar surface area (TPSA) is 40.0 Å². The number of oxime groups is 1. The molecule has 0 unspecified atom stereocenters. The maximum atomic E-state index is 5.91. The van der Waals surface area contributed by atoms with E-state index in [0.29, 0.717) is 16.5 Å². The first-order chi connectivity index (χ1) is 11.2. The van der Waals surface area contributed by atoms with Crippen LogP contribution in [0, 0.1) is 11.8 Å². The summed E-state index contributed by atoms with van der Waals surface area (Å²) in [6, 6.07) is 12.8. The fraction of sp³-hybridized carbons (Fsp3) is 0.167. The Morgan fingerprint density at radius 3 is 2.74 bits per heavy atom. The van der Waals surface area contributed by atoms with Crippen LogP contribution in [0.3, 0.4) is 0 Å². The van der Waals surface area contributed by atoms with Crippen LogP contribution in [0.1, 0.15) is 11.1 Å². The number of ether oxygens (including phenoxy) is 2. The Labute approximate surface area is 140 Å². The van der Waals surface area contributed by atoms with Crippen LogP contribution >= 0.6 is 11.6 Å². The molecular formula is C18H16ClNO3. The van der Waals surface area contributed by atoms with Gasteiger partial charge in [-0.2, -0.15) is 0 Å². The van der Waals surface area contributed by atoms with Crippen LogP contribution in [-0.4, -0.2) is 27.0 Å². The lowest BCUT2D eigenvalue weighted by molar-refractivity contribution is 0.215. The van der Waals surface area contributed by atoms with E-state index in [-0.39, 0.29) is 6.61 Å². The van der Waals surface area contributed by atoms with E-state index in [1.165, 1.54) is 7.11 Å². The number of nitrogens with zero attached hydrogens (tertiary/aromatic N) is 1. The predicted molar refractivity (Wildman–Crippen MR) is 91.4 cm³/mol. The van der Waals surface area contributed by atoms with Crippen LogP contribution in [-0.2, 0) is 4.84 Å². The van der Waals surface area contributed by atoms with Crippen LogP contribution in [0.25, 0.3) is 0 Å². The first-order valence-electron chi connectivity index (χ1n) is 6.84. The van der Waals surface area contributed by atoms with Crippen LogP contribution in [0.5, 0.6) is 11.5 Å². The smallest absolute Gasteiger partial charge is 0.162 e. The Balaban J connectivity index is 2.02. The quantitative estimate of drug-likeness (QED) is 0.476. The van der Waals surface area contributed by atoms with Gasteiger partial charge in [-0.05, 0) is 36.4 Å². The predicted octanol–water partition coefficient (Wildman–Crippen LogP) is 3.76. The third-order valence-electron chi connectivity index (χ3n) is 2.85. The van der Waals surface area contributed by atoms with E-state index < -0.39 is 0 Å². The summed E-state index contributed by atoms with van der Waals surface area (Å²) in [6.07, 6.45) is 1.59. The Kier molecular flexibility index (Phi) is 6.34. The van der Waals surface area contributed by atoms with Crippen molar-refractivity contribution in [3.8, 4) is 23.3 Å². The zero-order chi connectivity index (χ0) is 16.5. The molecule has 4 nitrogen and oxygen atoms in total. The van der Waals surface area contributed by atoms with Gasteiger partial charge >= 0.3 is 0 Å². The van der Waals surface area contributed by atoms with E-state index >= 15 is 0 Å². The van der Waals surface area contributed by atoms with Gasteiger partial charge in [0.2, 0.25) is 0 Å². The lowest BCUT2D eigenvalue weighted by Crippen LogP contribution is -1.98. The van der Waals surface area contributed by atoms with E-state index in [9.17, 15) is 0 Å². The van der Waals surface area contributed by atoms with Crippen LogP contribution in [0.4, 0.5) is 0 Å². The highest BCUT2D eigenvalue weighted by Gasteiger charge is 2.04. The molecule has 23 heavy (non-hydrogen) atoms. The molecule has 0 aliphatic carbocycles. The second-order valence-electron chi connectivity index (χ2n) is 4.43. The molecule has 0 atom stereocenters. The van der Waals surface area contributed by atoms with Gasteiger partial charge in [-0.25, -0.2) is 0 Å². The van der Waals surface area contributed by atoms with Gasteiger partial charge in [0.1, 0.15) is 13.7 Å². The molecule has 0 radical (unpaired) electrons. The van der Waals surface area contributed by atoms with Gasteiger partial charge in [0.25, 0.3) is 0 Å². The van der Waals surface area contributed by atoms with Gasteiger partial charge in [0, 0.05) is 16.1 Å². The minimum Gasteiger partial charge on any atom is -0.493 e. The van der Waals surface area contributed by atoms with Crippen molar-refractivity contribution in [1.82, 2.24) is 0 Å². The van der Waals surface area contributed by atoms with Gasteiger partial charge < -0.3 is 14.3 Å². The number of halogens is 1. The van der Waals surface area contributed by atoms with Crippen molar-refractivity contribution in [3.63, 3.8) is 0 Å². The van der Waals surface area contributed by atoms with Crippen LogP contribution in [0.15, 0.2) is 47.6 Å². The maximum absolute atomic E-state index is 5.91. The highest BCUT2D eigenvalue weighted by molar-refractivity contribution is 6.30. The number of hydrogen-bond donors (Lipinski definition) is 0. The molecule has 0 bridgehead atoms. The first kappa shape index (κ1) is 16.7. The molecule has 0 saturated carbocycles. The second-order valence-corrected chi connectivity index (χ2v) is 4.86. The SMILES string of the molecule is CO/N=C/c1ccc(OCC#Cc2cccc(Cl)c2)c(OC)c1. The van der Waals surface area contributed by atoms with Crippen molar-refractivity contribution in [2.75, 3.05) is 20.8 Å². The summed E-state index contributed by atoms with van der Waals surface area (Å²) < 4.78 is 10.9. The third kappa shape index (κ3) is 5.24. The van der Waals surface area contributed by atoms with Gasteiger partial charge in [0.05, 0.1) is 13.3 Å². The van der Waals surface area contributed by atoms with E-state index in [2.05, 4.69) is 21.8 Å². The molecule has 0 aliphatic rings. The summed E-state index contributed by atoms with van der Waals surface area (Å²) in [6.45, 7) is 0.244. The van der Waals surface area contributed by atoms with Crippen molar-refractivity contribution < 1.29 is 14.3 Å². The molecule has 0 fully saturated rings. The molecule has 2 aromatic carbocycles. The van der Waals surface area contributed by atoms with Crippen molar-refractivity contribution in [2.45, 2.75) is 0 Å². The number of hydrogen-bond acceptors (Lipinski definition) is 4. The fourth-order valence-electron chi connectivity index (χ4n) is 1.82. The molecule has 0 N–H and O–H groups in total. The Morgan fingerprint density at radius 2 is 2.00 bits per heavy atom. The van der Waals surface area contributed by atoms with Gasteiger partial charge in [0.15, 0.2) is 11.5 Å². The average molecular weight is 330 g/mol. The molecule has 0 heterocycles. The van der Waals surface area contributed by atoms with E-state index in [1.54, 1.807) is 25.5 Å². The highest BCUT2D eigenvalue weighted by Crippen LogP contribution is 2.27. The molecular weight excluding hydrogens is 314 g/mol. The molecule has 118 valence electrons. The van der Waals surface area contributed by atoms with Crippen molar-refractivity contribution in [2.24, 2.45) is 5.16 Å². The zero-order valence-corrected chi connectivity index (χ0v) is 13.6. The molecule has 2 aromatic rings. The lowest BCUT2D eigenvalue weighted by atomic mass is 10.2. The molecule has 0 aromatic heterocycles. The molecule has 5 heteroatoms. The van der Waals surface area contributed by atoms with Gasteiger partial charge in [-0.1, -0.05) is 34.7 Å². The Bertz CT molecular complexity index is 747. The third-order valence-corrected chi connectivity index (χ3v) is 3.09. The van der Waals surface area contributed by atoms with Crippen molar-refractivity contribution in [1.29, 1.82) is 0 Å². The summed E-state index contributed by atoms with van der Waals surface area (Å²) in [7, 11) is 3.07. The number of benzene rings is 2. The average Bonchev–Trinajstić information content (AvgIpc) is 2.57. The summed E-state index contributed by atoms with van der Waals surface area (Å²) in [4.78, 5) is 4.65. The zero-order valence-electron chi connectivity index (χ0n) is 12.9. The molecule has 0 spiro atoms. The molecule has 0 saturated heterocycles. The Morgan fingerprint density at radius 1 is 1.13 bits per heavy atom. The van der Waals surface area contributed by atoms with Crippen LogP contribution in [0.2, 0.25) is 5.02 Å². The van der Waals surface area contributed by atoms with E-state index in [1.807, 2.05) is 30.3 Å². The molecule has 0 aliphatic heterocycles.